The molecule has 2 atom stereocenters. The lowest BCUT2D eigenvalue weighted by molar-refractivity contribution is -0.132. The van der Waals surface area contributed by atoms with E-state index >= 15 is 0 Å². The van der Waals surface area contributed by atoms with E-state index in [1.165, 1.54) is 0 Å². The number of carbonyl (C=O) groups excluding carboxylic acids is 1. The van der Waals surface area contributed by atoms with E-state index in [1.807, 2.05) is 4.90 Å². The first-order chi connectivity index (χ1) is 9.22. The van der Waals surface area contributed by atoms with Crippen molar-refractivity contribution in [3.05, 3.63) is 0 Å². The van der Waals surface area contributed by atoms with Crippen LogP contribution < -0.4 is 5.73 Å². The number of rotatable bonds is 5. The molecule has 2 N–H and O–H groups in total. The number of hydrogen-bond donors (Lipinski definition) is 1. The number of methoxy groups -OCH3 is 1. The Balaban J connectivity index is 1.78. The summed E-state index contributed by atoms with van der Waals surface area (Å²) in [4.78, 5) is 16.5. The molecule has 2 fully saturated rings. The maximum absolute atomic E-state index is 12.2. The standard InChI is InChI=1S/C13H25N3O3/c1-18-7-3-12(14)13(17)16-4-2-11(10-16)15-5-8-19-9-6-15/h11-12H,2-10,14H2,1H3. The zero-order valence-corrected chi connectivity index (χ0v) is 11.7. The maximum Gasteiger partial charge on any atom is 0.239 e. The number of likely N-dealkylation sites (tertiary alicyclic amines) is 1. The molecule has 110 valence electrons. The van der Waals surface area contributed by atoms with Gasteiger partial charge >= 0.3 is 0 Å². The molecule has 2 unspecified atom stereocenters. The summed E-state index contributed by atoms with van der Waals surface area (Å²) < 4.78 is 10.3. The van der Waals surface area contributed by atoms with Crippen molar-refractivity contribution in [2.75, 3.05) is 53.1 Å². The molecule has 0 bridgehead atoms. The summed E-state index contributed by atoms with van der Waals surface area (Å²) in [5.74, 6) is 0.0628. The van der Waals surface area contributed by atoms with Crippen LogP contribution in [-0.4, -0.2) is 80.9 Å². The van der Waals surface area contributed by atoms with Gasteiger partial charge in [-0.3, -0.25) is 9.69 Å². The van der Waals surface area contributed by atoms with Crippen LogP contribution in [0.3, 0.4) is 0 Å². The molecule has 2 rings (SSSR count). The van der Waals surface area contributed by atoms with Crippen molar-refractivity contribution in [2.45, 2.75) is 24.9 Å². The van der Waals surface area contributed by atoms with E-state index in [0.29, 0.717) is 19.1 Å². The first-order valence-corrected chi connectivity index (χ1v) is 7.07. The lowest BCUT2D eigenvalue weighted by atomic mass is 10.2. The summed E-state index contributed by atoms with van der Waals surface area (Å²) in [6.07, 6.45) is 1.64. The number of ether oxygens (including phenoxy) is 2. The zero-order chi connectivity index (χ0) is 13.7. The van der Waals surface area contributed by atoms with Gasteiger partial charge in [0.1, 0.15) is 0 Å². The Morgan fingerprint density at radius 2 is 2.16 bits per heavy atom. The van der Waals surface area contributed by atoms with Crippen LogP contribution in [0.2, 0.25) is 0 Å². The van der Waals surface area contributed by atoms with Crippen molar-refractivity contribution < 1.29 is 14.3 Å². The van der Waals surface area contributed by atoms with E-state index in [2.05, 4.69) is 4.90 Å². The molecule has 2 saturated heterocycles. The topological polar surface area (TPSA) is 68.0 Å². The highest BCUT2D eigenvalue weighted by Crippen LogP contribution is 2.17. The molecule has 1 amide bonds. The summed E-state index contributed by atoms with van der Waals surface area (Å²) in [5.41, 5.74) is 5.90. The summed E-state index contributed by atoms with van der Waals surface area (Å²) in [6, 6.07) is 0.0471. The molecule has 0 aliphatic carbocycles. The van der Waals surface area contributed by atoms with Crippen molar-refractivity contribution >= 4 is 5.91 Å². The molecule has 0 radical (unpaired) electrons. The van der Waals surface area contributed by atoms with Gasteiger partial charge in [0.25, 0.3) is 0 Å². The molecule has 6 nitrogen and oxygen atoms in total. The van der Waals surface area contributed by atoms with Crippen molar-refractivity contribution in [3.8, 4) is 0 Å². The Morgan fingerprint density at radius 1 is 1.42 bits per heavy atom. The van der Waals surface area contributed by atoms with E-state index in [-0.39, 0.29) is 5.91 Å². The minimum Gasteiger partial charge on any atom is -0.385 e. The number of amides is 1. The van der Waals surface area contributed by atoms with Crippen LogP contribution in [0.5, 0.6) is 0 Å². The van der Waals surface area contributed by atoms with Crippen molar-refractivity contribution in [3.63, 3.8) is 0 Å². The van der Waals surface area contributed by atoms with Gasteiger partial charge in [-0.05, 0) is 12.8 Å². The SMILES string of the molecule is COCCC(N)C(=O)N1CCC(N2CCOCC2)C1. The fourth-order valence-electron chi connectivity index (χ4n) is 2.79. The van der Waals surface area contributed by atoms with Gasteiger partial charge in [-0.25, -0.2) is 0 Å². The monoisotopic (exact) mass is 271 g/mol. The average molecular weight is 271 g/mol. The van der Waals surface area contributed by atoms with Crippen LogP contribution in [0.25, 0.3) is 0 Å². The van der Waals surface area contributed by atoms with Crippen LogP contribution in [0.4, 0.5) is 0 Å². The number of nitrogens with zero attached hydrogens (tertiary/aromatic N) is 2. The molecule has 6 heteroatoms. The molecule has 0 saturated carbocycles. The minimum atomic E-state index is -0.427. The largest absolute Gasteiger partial charge is 0.385 e. The Kier molecular flexibility index (Phi) is 5.57. The second kappa shape index (κ2) is 7.19. The van der Waals surface area contributed by atoms with Crippen LogP contribution in [0.15, 0.2) is 0 Å². The minimum absolute atomic E-state index is 0.0628. The molecule has 0 aromatic rings. The average Bonchev–Trinajstić information content (AvgIpc) is 2.94. The van der Waals surface area contributed by atoms with Crippen LogP contribution >= 0.6 is 0 Å². The van der Waals surface area contributed by atoms with Crippen molar-refractivity contribution in [2.24, 2.45) is 5.73 Å². The molecule has 19 heavy (non-hydrogen) atoms. The Bertz CT molecular complexity index is 295. The van der Waals surface area contributed by atoms with E-state index in [1.54, 1.807) is 7.11 Å². The molecular formula is C13H25N3O3. The van der Waals surface area contributed by atoms with E-state index in [4.69, 9.17) is 15.2 Å². The summed E-state index contributed by atoms with van der Waals surface area (Å²) in [7, 11) is 1.63. The highest BCUT2D eigenvalue weighted by Gasteiger charge is 2.32. The number of morpholine rings is 1. The van der Waals surface area contributed by atoms with Crippen LogP contribution in [0.1, 0.15) is 12.8 Å². The third-order valence-electron chi connectivity index (χ3n) is 3.99. The summed E-state index contributed by atoms with van der Waals surface area (Å²) >= 11 is 0. The summed E-state index contributed by atoms with van der Waals surface area (Å²) in [6.45, 7) is 5.72. The molecular weight excluding hydrogens is 246 g/mol. The molecule has 0 aromatic carbocycles. The first-order valence-electron chi connectivity index (χ1n) is 7.07. The molecule has 2 aliphatic heterocycles. The highest BCUT2D eigenvalue weighted by molar-refractivity contribution is 5.81. The van der Waals surface area contributed by atoms with Gasteiger partial charge in [0.2, 0.25) is 5.91 Å². The predicted molar refractivity (Wildman–Crippen MR) is 71.8 cm³/mol. The van der Waals surface area contributed by atoms with Gasteiger partial charge in [-0.2, -0.15) is 0 Å². The smallest absolute Gasteiger partial charge is 0.239 e. The first kappa shape index (κ1) is 14.7. The van der Waals surface area contributed by atoms with E-state index in [0.717, 1.165) is 45.8 Å². The fourth-order valence-corrected chi connectivity index (χ4v) is 2.79. The Morgan fingerprint density at radius 3 is 2.84 bits per heavy atom. The third kappa shape index (κ3) is 3.89. The lowest BCUT2D eigenvalue weighted by Gasteiger charge is -2.32. The summed E-state index contributed by atoms with van der Waals surface area (Å²) in [5, 5.41) is 0. The normalized spacial score (nSPS) is 26.6. The van der Waals surface area contributed by atoms with Gasteiger partial charge in [-0.15, -0.1) is 0 Å². The zero-order valence-electron chi connectivity index (χ0n) is 11.7. The number of nitrogens with two attached hydrogens (primary N) is 1. The van der Waals surface area contributed by atoms with Gasteiger partial charge in [0.05, 0.1) is 19.3 Å². The quantitative estimate of drug-likeness (QED) is 0.715. The second-order valence-electron chi connectivity index (χ2n) is 5.26. The van der Waals surface area contributed by atoms with E-state index in [9.17, 15) is 4.79 Å². The molecule has 0 spiro atoms. The Labute approximate surface area is 114 Å². The maximum atomic E-state index is 12.2. The van der Waals surface area contributed by atoms with Gasteiger partial charge < -0.3 is 20.1 Å². The molecule has 0 aromatic heterocycles. The second-order valence-corrected chi connectivity index (χ2v) is 5.26. The van der Waals surface area contributed by atoms with Crippen molar-refractivity contribution in [1.82, 2.24) is 9.80 Å². The lowest BCUT2D eigenvalue weighted by Crippen LogP contribution is -2.47. The van der Waals surface area contributed by atoms with E-state index < -0.39 is 6.04 Å². The highest BCUT2D eigenvalue weighted by atomic mass is 16.5. The fraction of sp³-hybridized carbons (Fsp3) is 0.923. The molecule has 2 heterocycles. The van der Waals surface area contributed by atoms with Gasteiger partial charge in [0, 0.05) is 45.9 Å². The number of carbonyl (C=O) groups is 1. The van der Waals surface area contributed by atoms with Crippen LogP contribution in [0, 0.1) is 0 Å². The van der Waals surface area contributed by atoms with Gasteiger partial charge in [0.15, 0.2) is 0 Å². The Hall–Kier alpha value is -0.690. The molecule has 2 aliphatic rings. The number of hydrogen-bond acceptors (Lipinski definition) is 5. The van der Waals surface area contributed by atoms with Crippen LogP contribution in [-0.2, 0) is 14.3 Å². The predicted octanol–water partition coefficient (Wildman–Crippen LogP) is -0.717. The van der Waals surface area contributed by atoms with Gasteiger partial charge in [-0.1, -0.05) is 0 Å². The van der Waals surface area contributed by atoms with Crippen molar-refractivity contribution in [1.29, 1.82) is 0 Å². The third-order valence-corrected chi connectivity index (χ3v) is 3.99.